The van der Waals surface area contributed by atoms with Gasteiger partial charge in [0.2, 0.25) is 0 Å². The zero-order valence-corrected chi connectivity index (χ0v) is 10.6. The highest BCUT2D eigenvalue weighted by Gasteiger charge is 2.15. The first kappa shape index (κ1) is 12.5. The maximum absolute atomic E-state index is 10.6. The van der Waals surface area contributed by atoms with Crippen LogP contribution < -0.4 is 5.73 Å². The number of aromatic nitrogens is 2. The van der Waals surface area contributed by atoms with Crippen molar-refractivity contribution in [3.8, 4) is 5.69 Å². The Morgan fingerprint density at radius 1 is 1.44 bits per heavy atom. The van der Waals surface area contributed by atoms with Crippen LogP contribution in [0.4, 0.5) is 5.82 Å². The fraction of sp³-hybridized carbons (Fsp3) is 0.167. The highest BCUT2D eigenvalue weighted by atomic mass is 32.2. The van der Waals surface area contributed by atoms with Crippen LogP contribution in [0.15, 0.2) is 35.2 Å². The van der Waals surface area contributed by atoms with E-state index in [0.717, 1.165) is 16.3 Å². The number of carboxylic acids is 1. The lowest BCUT2D eigenvalue weighted by Crippen LogP contribution is -2.02. The van der Waals surface area contributed by atoms with E-state index in [4.69, 9.17) is 10.8 Å². The Bertz CT molecular complexity index is 566. The van der Waals surface area contributed by atoms with Gasteiger partial charge >= 0.3 is 5.97 Å². The Morgan fingerprint density at radius 2 is 2.11 bits per heavy atom. The van der Waals surface area contributed by atoms with Crippen LogP contribution in [0.25, 0.3) is 5.69 Å². The Labute approximate surface area is 109 Å². The highest BCUT2D eigenvalue weighted by Crippen LogP contribution is 2.30. The molecule has 0 fully saturated rings. The normalized spacial score (nSPS) is 10.5. The maximum atomic E-state index is 10.6. The van der Waals surface area contributed by atoms with Gasteiger partial charge < -0.3 is 10.8 Å². The van der Waals surface area contributed by atoms with Crippen LogP contribution in [0.3, 0.4) is 0 Å². The number of rotatable bonds is 4. The van der Waals surface area contributed by atoms with Crippen LogP contribution in [0.2, 0.25) is 0 Å². The molecule has 2 aromatic rings. The summed E-state index contributed by atoms with van der Waals surface area (Å²) in [5.74, 6) is -0.415. The number of nitrogen functional groups attached to an aromatic ring is 1. The molecule has 0 atom stereocenters. The summed E-state index contributed by atoms with van der Waals surface area (Å²) in [5.41, 5.74) is 7.61. The quantitative estimate of drug-likeness (QED) is 0.824. The van der Waals surface area contributed by atoms with Crippen molar-refractivity contribution < 1.29 is 9.90 Å². The van der Waals surface area contributed by atoms with Gasteiger partial charge in [0.1, 0.15) is 5.82 Å². The summed E-state index contributed by atoms with van der Waals surface area (Å²) < 4.78 is 1.62. The van der Waals surface area contributed by atoms with E-state index in [1.807, 2.05) is 37.3 Å². The van der Waals surface area contributed by atoms with Gasteiger partial charge in [0.15, 0.2) is 0 Å². The zero-order valence-electron chi connectivity index (χ0n) is 9.83. The molecule has 1 aromatic heterocycles. The minimum Gasteiger partial charge on any atom is -0.481 e. The molecule has 0 unspecified atom stereocenters. The summed E-state index contributed by atoms with van der Waals surface area (Å²) in [6.45, 7) is 1.82. The topological polar surface area (TPSA) is 81.1 Å². The third kappa shape index (κ3) is 2.48. The second kappa shape index (κ2) is 5.14. The third-order valence-corrected chi connectivity index (χ3v) is 3.56. The number of hydrogen-bond donors (Lipinski definition) is 2. The minimum absolute atomic E-state index is 0.0223. The van der Waals surface area contributed by atoms with Crippen molar-refractivity contribution in [3.63, 3.8) is 0 Å². The van der Waals surface area contributed by atoms with Gasteiger partial charge in [-0.2, -0.15) is 5.10 Å². The lowest BCUT2D eigenvalue weighted by atomic mass is 10.3. The van der Waals surface area contributed by atoms with Gasteiger partial charge in [-0.15, -0.1) is 11.8 Å². The van der Waals surface area contributed by atoms with E-state index in [1.54, 1.807) is 4.68 Å². The van der Waals surface area contributed by atoms with Gasteiger partial charge in [-0.25, -0.2) is 4.68 Å². The number of nitrogens with two attached hydrogens (primary N) is 1. The van der Waals surface area contributed by atoms with Gasteiger partial charge in [0, 0.05) is 0 Å². The summed E-state index contributed by atoms with van der Waals surface area (Å²) in [6, 6.07) is 9.50. The molecule has 0 amide bonds. The number of anilines is 1. The molecule has 18 heavy (non-hydrogen) atoms. The van der Waals surface area contributed by atoms with Crippen molar-refractivity contribution in [1.82, 2.24) is 9.78 Å². The Hall–Kier alpha value is -1.95. The van der Waals surface area contributed by atoms with Crippen LogP contribution in [-0.4, -0.2) is 26.6 Å². The molecule has 0 aliphatic carbocycles. The molecule has 0 bridgehead atoms. The van der Waals surface area contributed by atoms with Gasteiger partial charge in [-0.3, -0.25) is 4.79 Å². The molecule has 0 spiro atoms. The molecule has 0 saturated heterocycles. The first-order valence-electron chi connectivity index (χ1n) is 5.34. The Balaban J connectivity index is 2.35. The third-order valence-electron chi connectivity index (χ3n) is 2.38. The second-order valence-electron chi connectivity index (χ2n) is 3.73. The molecule has 3 N–H and O–H groups in total. The molecular weight excluding hydrogens is 250 g/mol. The van der Waals surface area contributed by atoms with E-state index in [9.17, 15) is 4.79 Å². The molecule has 5 nitrogen and oxygen atoms in total. The van der Waals surface area contributed by atoms with Crippen molar-refractivity contribution in [2.45, 2.75) is 11.8 Å². The van der Waals surface area contributed by atoms with E-state index in [1.165, 1.54) is 11.8 Å². The first-order chi connectivity index (χ1) is 8.59. The predicted molar refractivity (Wildman–Crippen MR) is 71.1 cm³/mol. The fourth-order valence-corrected chi connectivity index (χ4v) is 2.36. The maximum Gasteiger partial charge on any atom is 0.313 e. The summed E-state index contributed by atoms with van der Waals surface area (Å²) in [7, 11) is 0. The van der Waals surface area contributed by atoms with E-state index < -0.39 is 5.97 Å². The molecule has 1 aromatic carbocycles. The largest absolute Gasteiger partial charge is 0.481 e. The second-order valence-corrected chi connectivity index (χ2v) is 4.72. The number of hydrogen-bond acceptors (Lipinski definition) is 4. The van der Waals surface area contributed by atoms with Crippen LogP contribution >= 0.6 is 11.8 Å². The lowest BCUT2D eigenvalue weighted by molar-refractivity contribution is -0.133. The summed E-state index contributed by atoms with van der Waals surface area (Å²) in [4.78, 5) is 11.3. The van der Waals surface area contributed by atoms with Crippen LogP contribution in [-0.2, 0) is 4.79 Å². The number of thioether (sulfide) groups is 1. The number of carbonyl (C=O) groups is 1. The smallest absolute Gasteiger partial charge is 0.313 e. The molecule has 6 heteroatoms. The van der Waals surface area contributed by atoms with Crippen molar-refractivity contribution in [1.29, 1.82) is 0 Å². The fourth-order valence-electron chi connectivity index (χ4n) is 1.61. The SMILES string of the molecule is Cc1nn(-c2ccccc2)c(N)c1SCC(=O)O. The van der Waals surface area contributed by atoms with Crippen molar-refractivity contribution in [2.24, 2.45) is 0 Å². The monoisotopic (exact) mass is 263 g/mol. The van der Waals surface area contributed by atoms with E-state index in [-0.39, 0.29) is 5.75 Å². The number of para-hydroxylation sites is 1. The van der Waals surface area contributed by atoms with Gasteiger partial charge in [-0.05, 0) is 19.1 Å². The molecule has 94 valence electrons. The molecular formula is C12H13N3O2S. The van der Waals surface area contributed by atoms with E-state index >= 15 is 0 Å². The standard InChI is InChI=1S/C12H13N3O2S/c1-8-11(18-7-10(16)17)12(13)15(14-8)9-5-3-2-4-6-9/h2-6H,7,13H2,1H3,(H,16,17). The number of carboxylic acid groups (broad SMARTS) is 1. The van der Waals surface area contributed by atoms with Crippen LogP contribution in [0, 0.1) is 6.92 Å². The summed E-state index contributed by atoms with van der Waals surface area (Å²) in [6.07, 6.45) is 0. The number of nitrogens with zero attached hydrogens (tertiary/aromatic N) is 2. The summed E-state index contributed by atoms with van der Waals surface area (Å²) in [5, 5.41) is 13.0. The summed E-state index contributed by atoms with van der Waals surface area (Å²) >= 11 is 1.19. The van der Waals surface area contributed by atoms with Crippen molar-refractivity contribution in [2.75, 3.05) is 11.5 Å². The van der Waals surface area contributed by atoms with Gasteiger partial charge in [-0.1, -0.05) is 18.2 Å². The highest BCUT2D eigenvalue weighted by molar-refractivity contribution is 8.00. The van der Waals surface area contributed by atoms with E-state index in [2.05, 4.69) is 5.10 Å². The average Bonchev–Trinajstić information content (AvgIpc) is 2.63. The molecule has 0 aliphatic heterocycles. The zero-order chi connectivity index (χ0) is 13.1. The molecule has 0 radical (unpaired) electrons. The number of aryl methyl sites for hydroxylation is 1. The van der Waals surface area contributed by atoms with Gasteiger partial charge in [0.25, 0.3) is 0 Å². The average molecular weight is 263 g/mol. The minimum atomic E-state index is -0.869. The molecule has 2 rings (SSSR count). The lowest BCUT2D eigenvalue weighted by Gasteiger charge is -2.03. The van der Waals surface area contributed by atoms with Crippen molar-refractivity contribution >= 4 is 23.5 Å². The van der Waals surface area contributed by atoms with Crippen LogP contribution in [0.5, 0.6) is 0 Å². The van der Waals surface area contributed by atoms with E-state index in [0.29, 0.717) is 5.82 Å². The van der Waals surface area contributed by atoms with Gasteiger partial charge in [0.05, 0.1) is 22.0 Å². The Kier molecular flexibility index (Phi) is 3.57. The first-order valence-corrected chi connectivity index (χ1v) is 6.33. The number of benzene rings is 1. The molecule has 1 heterocycles. The predicted octanol–water partition coefficient (Wildman–Crippen LogP) is 1.94. The van der Waals surface area contributed by atoms with Crippen LogP contribution in [0.1, 0.15) is 5.69 Å². The Morgan fingerprint density at radius 3 is 2.72 bits per heavy atom. The molecule has 0 aliphatic rings. The number of aliphatic carboxylic acids is 1. The van der Waals surface area contributed by atoms with Crippen molar-refractivity contribution in [3.05, 3.63) is 36.0 Å². The molecule has 0 saturated carbocycles.